The lowest BCUT2D eigenvalue weighted by Crippen LogP contribution is -2.03. The largest absolute Gasteiger partial charge is 0.384 e. The van der Waals surface area contributed by atoms with Gasteiger partial charge in [0.1, 0.15) is 17.5 Å². The van der Waals surface area contributed by atoms with Gasteiger partial charge in [-0.1, -0.05) is 19.1 Å². The average molecular weight is 279 g/mol. The summed E-state index contributed by atoms with van der Waals surface area (Å²) < 4.78 is 0. The van der Waals surface area contributed by atoms with Crippen LogP contribution in [0.25, 0.3) is 10.8 Å². The zero-order valence-corrected chi connectivity index (χ0v) is 11.9. The van der Waals surface area contributed by atoms with E-state index in [1.54, 1.807) is 12.3 Å². The minimum absolute atomic E-state index is 0.484. The number of nitrogen functional groups attached to an aromatic ring is 1. The van der Waals surface area contributed by atoms with Crippen LogP contribution in [0.3, 0.4) is 0 Å². The van der Waals surface area contributed by atoms with Crippen molar-refractivity contribution in [3.05, 3.63) is 48.5 Å². The van der Waals surface area contributed by atoms with Gasteiger partial charge >= 0.3 is 0 Å². The third kappa shape index (κ3) is 2.91. The van der Waals surface area contributed by atoms with E-state index in [-0.39, 0.29) is 0 Å². The Morgan fingerprint density at radius 3 is 2.95 bits per heavy atom. The number of nitrogens with one attached hydrogen (secondary N) is 1. The van der Waals surface area contributed by atoms with Crippen LogP contribution in [0.4, 0.5) is 17.3 Å². The van der Waals surface area contributed by atoms with Gasteiger partial charge in [0, 0.05) is 41.3 Å². The summed E-state index contributed by atoms with van der Waals surface area (Å²) >= 11 is 0. The fraction of sp³-hybridized carbons (Fsp3) is 0.188. The van der Waals surface area contributed by atoms with Crippen molar-refractivity contribution >= 4 is 28.1 Å². The summed E-state index contributed by atoms with van der Waals surface area (Å²) in [6, 6.07) is 9.77. The van der Waals surface area contributed by atoms with E-state index in [1.165, 1.54) is 0 Å². The number of hydrogen-bond acceptors (Lipinski definition) is 5. The van der Waals surface area contributed by atoms with Crippen molar-refractivity contribution in [3.63, 3.8) is 0 Å². The predicted molar refractivity (Wildman–Crippen MR) is 85.5 cm³/mol. The monoisotopic (exact) mass is 279 g/mol. The van der Waals surface area contributed by atoms with Crippen LogP contribution in [0.15, 0.2) is 42.7 Å². The molecule has 1 aromatic carbocycles. The predicted octanol–water partition coefficient (Wildman–Crippen LogP) is 3.30. The number of benzene rings is 1. The Morgan fingerprint density at radius 1 is 1.19 bits per heavy atom. The highest BCUT2D eigenvalue weighted by Gasteiger charge is 2.05. The Bertz CT molecular complexity index is 764. The van der Waals surface area contributed by atoms with E-state index >= 15 is 0 Å². The van der Waals surface area contributed by atoms with Gasteiger partial charge in [0.25, 0.3) is 0 Å². The Labute approximate surface area is 123 Å². The number of pyridine rings is 1. The summed E-state index contributed by atoms with van der Waals surface area (Å²) in [7, 11) is 0. The second-order valence-electron chi connectivity index (χ2n) is 4.87. The van der Waals surface area contributed by atoms with E-state index in [4.69, 9.17) is 5.73 Å². The summed E-state index contributed by atoms with van der Waals surface area (Å²) in [6.45, 7) is 2.09. The van der Waals surface area contributed by atoms with Crippen molar-refractivity contribution < 1.29 is 0 Å². The molecule has 0 bridgehead atoms. The van der Waals surface area contributed by atoms with Gasteiger partial charge in [-0.2, -0.15) is 0 Å². The molecule has 106 valence electrons. The molecule has 5 nitrogen and oxygen atoms in total. The van der Waals surface area contributed by atoms with Crippen LogP contribution >= 0.6 is 0 Å². The zero-order chi connectivity index (χ0) is 14.7. The van der Waals surface area contributed by atoms with Crippen LogP contribution in [0.2, 0.25) is 0 Å². The molecule has 0 saturated carbocycles. The molecule has 0 amide bonds. The van der Waals surface area contributed by atoms with Gasteiger partial charge in [0.05, 0.1) is 0 Å². The Kier molecular flexibility index (Phi) is 3.64. The van der Waals surface area contributed by atoms with Crippen LogP contribution in [-0.4, -0.2) is 15.0 Å². The van der Waals surface area contributed by atoms with Gasteiger partial charge in [-0.25, -0.2) is 9.97 Å². The number of rotatable bonds is 4. The average Bonchev–Trinajstić information content (AvgIpc) is 2.47. The van der Waals surface area contributed by atoms with Crippen molar-refractivity contribution in [3.8, 4) is 0 Å². The molecule has 0 aliphatic heterocycles. The van der Waals surface area contributed by atoms with Gasteiger partial charge in [0.2, 0.25) is 0 Å². The molecule has 2 heterocycles. The molecule has 0 radical (unpaired) electrons. The molecule has 5 heteroatoms. The SMILES string of the molecule is CCCc1nc(N)cc(Nc2cccc3cnccc23)n1. The maximum atomic E-state index is 5.85. The maximum Gasteiger partial charge on any atom is 0.136 e. The van der Waals surface area contributed by atoms with Crippen molar-refractivity contribution in [1.82, 2.24) is 15.0 Å². The molecule has 0 fully saturated rings. The van der Waals surface area contributed by atoms with Crippen LogP contribution in [0.1, 0.15) is 19.2 Å². The second kappa shape index (κ2) is 5.75. The van der Waals surface area contributed by atoms with Gasteiger partial charge in [-0.05, 0) is 18.6 Å². The van der Waals surface area contributed by atoms with E-state index in [0.717, 1.165) is 40.9 Å². The van der Waals surface area contributed by atoms with E-state index in [1.807, 2.05) is 30.5 Å². The van der Waals surface area contributed by atoms with E-state index in [0.29, 0.717) is 5.82 Å². The molecular formula is C16H17N5. The summed E-state index contributed by atoms with van der Waals surface area (Å²) in [5.74, 6) is 1.97. The smallest absolute Gasteiger partial charge is 0.136 e. The maximum absolute atomic E-state index is 5.85. The second-order valence-corrected chi connectivity index (χ2v) is 4.87. The van der Waals surface area contributed by atoms with E-state index in [9.17, 15) is 0 Å². The number of anilines is 3. The van der Waals surface area contributed by atoms with Crippen LogP contribution in [-0.2, 0) is 6.42 Å². The number of fused-ring (bicyclic) bond motifs is 1. The topological polar surface area (TPSA) is 76.7 Å². The molecule has 3 rings (SSSR count). The summed E-state index contributed by atoms with van der Waals surface area (Å²) in [5.41, 5.74) is 6.84. The Morgan fingerprint density at radius 2 is 2.10 bits per heavy atom. The first kappa shape index (κ1) is 13.3. The van der Waals surface area contributed by atoms with Crippen molar-refractivity contribution in [2.24, 2.45) is 0 Å². The quantitative estimate of drug-likeness (QED) is 0.766. The van der Waals surface area contributed by atoms with Crippen molar-refractivity contribution in [2.45, 2.75) is 19.8 Å². The van der Waals surface area contributed by atoms with Gasteiger partial charge in [-0.3, -0.25) is 4.98 Å². The first-order chi connectivity index (χ1) is 10.3. The lowest BCUT2D eigenvalue weighted by Gasteiger charge is -2.10. The first-order valence-corrected chi connectivity index (χ1v) is 6.99. The number of aromatic nitrogens is 3. The minimum Gasteiger partial charge on any atom is -0.384 e. The molecule has 0 aliphatic rings. The fourth-order valence-electron chi connectivity index (χ4n) is 2.29. The minimum atomic E-state index is 0.484. The first-order valence-electron chi connectivity index (χ1n) is 6.99. The summed E-state index contributed by atoms with van der Waals surface area (Å²) in [6.07, 6.45) is 5.43. The zero-order valence-electron chi connectivity index (χ0n) is 11.9. The molecule has 21 heavy (non-hydrogen) atoms. The summed E-state index contributed by atoms with van der Waals surface area (Å²) in [4.78, 5) is 12.9. The number of nitrogens with two attached hydrogens (primary N) is 1. The standard InChI is InChI=1S/C16H17N5/c1-2-4-15-20-14(17)9-16(21-15)19-13-6-3-5-11-10-18-8-7-12(11)13/h3,5-10H,2,4H2,1H3,(H3,17,19,20,21). The molecule has 0 atom stereocenters. The van der Waals surface area contributed by atoms with E-state index in [2.05, 4.69) is 27.2 Å². The molecule has 0 unspecified atom stereocenters. The third-order valence-electron chi connectivity index (χ3n) is 3.21. The van der Waals surface area contributed by atoms with Crippen molar-refractivity contribution in [1.29, 1.82) is 0 Å². The number of nitrogens with zero attached hydrogens (tertiary/aromatic N) is 3. The van der Waals surface area contributed by atoms with Gasteiger partial charge < -0.3 is 11.1 Å². The molecule has 0 spiro atoms. The molecule has 3 N–H and O–H groups in total. The third-order valence-corrected chi connectivity index (χ3v) is 3.21. The number of hydrogen-bond donors (Lipinski definition) is 2. The van der Waals surface area contributed by atoms with Crippen molar-refractivity contribution in [2.75, 3.05) is 11.1 Å². The normalized spacial score (nSPS) is 10.7. The number of aryl methyl sites for hydroxylation is 1. The van der Waals surface area contributed by atoms with E-state index < -0.39 is 0 Å². The van der Waals surface area contributed by atoms with Crippen LogP contribution in [0, 0.1) is 0 Å². The lowest BCUT2D eigenvalue weighted by atomic mass is 10.1. The molecule has 0 aliphatic carbocycles. The summed E-state index contributed by atoms with van der Waals surface area (Å²) in [5, 5.41) is 5.51. The Hall–Kier alpha value is -2.69. The molecule has 0 saturated heterocycles. The van der Waals surface area contributed by atoms with Crippen LogP contribution in [0.5, 0.6) is 0 Å². The van der Waals surface area contributed by atoms with Gasteiger partial charge in [-0.15, -0.1) is 0 Å². The lowest BCUT2D eigenvalue weighted by molar-refractivity contribution is 0.839. The van der Waals surface area contributed by atoms with Gasteiger partial charge in [0.15, 0.2) is 0 Å². The highest BCUT2D eigenvalue weighted by atomic mass is 15.1. The molecular weight excluding hydrogens is 262 g/mol. The fourth-order valence-corrected chi connectivity index (χ4v) is 2.29. The Balaban J connectivity index is 1.98. The molecule has 3 aromatic rings. The van der Waals surface area contributed by atoms with Crippen LogP contribution < -0.4 is 11.1 Å². The highest BCUT2D eigenvalue weighted by molar-refractivity contribution is 5.94. The highest BCUT2D eigenvalue weighted by Crippen LogP contribution is 2.25. The molecule has 2 aromatic heterocycles.